The molecule has 0 spiro atoms. The van der Waals surface area contributed by atoms with E-state index in [0.717, 1.165) is 12.0 Å². The number of fused-ring (bicyclic) bond motifs is 1. The average molecular weight is 415 g/mol. The SMILES string of the molecule is Cn1ncc2c(=O)n(CCC(=O)N(CCc3ccccc3)Cc3ccccc3)cnc21. The molecule has 158 valence electrons. The van der Waals surface area contributed by atoms with E-state index in [-0.39, 0.29) is 24.4 Å². The molecule has 0 fully saturated rings. The summed E-state index contributed by atoms with van der Waals surface area (Å²) < 4.78 is 3.05. The fourth-order valence-corrected chi connectivity index (χ4v) is 3.60. The van der Waals surface area contributed by atoms with Crippen molar-refractivity contribution >= 4 is 16.9 Å². The van der Waals surface area contributed by atoms with Crippen LogP contribution in [-0.2, 0) is 31.4 Å². The summed E-state index contributed by atoms with van der Waals surface area (Å²) in [7, 11) is 1.75. The van der Waals surface area contributed by atoms with Crippen LogP contribution >= 0.6 is 0 Å². The second kappa shape index (κ2) is 9.38. The van der Waals surface area contributed by atoms with Gasteiger partial charge in [0.25, 0.3) is 5.56 Å². The van der Waals surface area contributed by atoms with Crippen molar-refractivity contribution in [1.82, 2.24) is 24.2 Å². The Bertz CT molecular complexity index is 1220. The molecule has 0 atom stereocenters. The van der Waals surface area contributed by atoms with Gasteiger partial charge in [0.05, 0.1) is 12.5 Å². The third kappa shape index (κ3) is 4.88. The van der Waals surface area contributed by atoms with Crippen LogP contribution in [0.1, 0.15) is 17.5 Å². The van der Waals surface area contributed by atoms with Gasteiger partial charge in [0.1, 0.15) is 5.39 Å². The molecule has 7 heteroatoms. The molecule has 31 heavy (non-hydrogen) atoms. The standard InChI is InChI=1S/C24H25N5O2/c1-27-23-21(16-26-27)24(31)29(18-25-23)15-13-22(30)28(17-20-10-6-3-7-11-20)14-12-19-8-4-2-5-9-19/h2-11,16,18H,12-15,17H2,1H3. The number of benzene rings is 2. The largest absolute Gasteiger partial charge is 0.338 e. The van der Waals surface area contributed by atoms with Gasteiger partial charge >= 0.3 is 0 Å². The highest BCUT2D eigenvalue weighted by atomic mass is 16.2. The van der Waals surface area contributed by atoms with Crippen LogP contribution in [0.5, 0.6) is 0 Å². The van der Waals surface area contributed by atoms with Gasteiger partial charge in [-0.25, -0.2) is 4.98 Å². The Balaban J connectivity index is 1.47. The van der Waals surface area contributed by atoms with Crippen molar-refractivity contribution in [3.8, 4) is 0 Å². The monoisotopic (exact) mass is 415 g/mol. The number of carbonyl (C=O) groups excluding carboxylic acids is 1. The van der Waals surface area contributed by atoms with E-state index >= 15 is 0 Å². The molecule has 2 aromatic carbocycles. The fraction of sp³-hybridized carbons (Fsp3) is 0.250. The van der Waals surface area contributed by atoms with E-state index in [9.17, 15) is 9.59 Å². The first kappa shape index (κ1) is 20.5. The summed E-state index contributed by atoms with van der Waals surface area (Å²) in [6.45, 7) is 1.44. The molecule has 0 radical (unpaired) electrons. The molecule has 4 rings (SSSR count). The third-order valence-electron chi connectivity index (χ3n) is 5.37. The highest BCUT2D eigenvalue weighted by molar-refractivity contribution is 5.76. The fourth-order valence-electron chi connectivity index (χ4n) is 3.60. The second-order valence-corrected chi connectivity index (χ2v) is 7.54. The molecule has 7 nitrogen and oxygen atoms in total. The first-order chi connectivity index (χ1) is 15.1. The van der Waals surface area contributed by atoms with Crippen LogP contribution in [0.25, 0.3) is 11.0 Å². The van der Waals surface area contributed by atoms with Crippen LogP contribution in [-0.4, -0.2) is 36.7 Å². The Morgan fingerprint density at radius 2 is 1.68 bits per heavy atom. The zero-order valence-electron chi connectivity index (χ0n) is 17.5. The Kier molecular flexibility index (Phi) is 6.21. The maximum Gasteiger partial charge on any atom is 0.264 e. The molecule has 0 aliphatic carbocycles. The Morgan fingerprint density at radius 3 is 2.39 bits per heavy atom. The zero-order chi connectivity index (χ0) is 21.6. The van der Waals surface area contributed by atoms with Gasteiger partial charge in [-0.2, -0.15) is 5.10 Å². The number of carbonyl (C=O) groups is 1. The predicted molar refractivity (Wildman–Crippen MR) is 119 cm³/mol. The van der Waals surface area contributed by atoms with Crippen LogP contribution < -0.4 is 5.56 Å². The van der Waals surface area contributed by atoms with Crippen molar-refractivity contribution in [2.24, 2.45) is 7.05 Å². The average Bonchev–Trinajstić information content (AvgIpc) is 3.19. The molecule has 0 unspecified atom stereocenters. The first-order valence-electron chi connectivity index (χ1n) is 10.3. The van der Waals surface area contributed by atoms with Gasteiger partial charge in [0.2, 0.25) is 5.91 Å². The van der Waals surface area contributed by atoms with Gasteiger partial charge in [0.15, 0.2) is 5.65 Å². The number of nitrogens with zero attached hydrogens (tertiary/aromatic N) is 5. The second-order valence-electron chi connectivity index (χ2n) is 7.54. The molecule has 0 aliphatic rings. The zero-order valence-corrected chi connectivity index (χ0v) is 17.5. The summed E-state index contributed by atoms with van der Waals surface area (Å²) in [6.07, 6.45) is 4.02. The third-order valence-corrected chi connectivity index (χ3v) is 5.37. The summed E-state index contributed by atoms with van der Waals surface area (Å²) >= 11 is 0. The molecule has 0 bridgehead atoms. The molecule has 4 aromatic rings. The molecule has 2 heterocycles. The molecule has 0 saturated heterocycles. The minimum atomic E-state index is -0.176. The van der Waals surface area contributed by atoms with Gasteiger partial charge in [0, 0.05) is 33.1 Å². The van der Waals surface area contributed by atoms with Crippen molar-refractivity contribution in [3.63, 3.8) is 0 Å². The van der Waals surface area contributed by atoms with Crippen molar-refractivity contribution in [1.29, 1.82) is 0 Å². The lowest BCUT2D eigenvalue weighted by Gasteiger charge is -2.23. The molecule has 0 N–H and O–H groups in total. The minimum absolute atomic E-state index is 0.0120. The lowest BCUT2D eigenvalue weighted by molar-refractivity contribution is -0.132. The molecule has 2 aromatic heterocycles. The number of rotatable bonds is 8. The number of hydrogen-bond donors (Lipinski definition) is 0. The van der Waals surface area contributed by atoms with Crippen molar-refractivity contribution in [2.75, 3.05) is 6.54 Å². The number of amides is 1. The van der Waals surface area contributed by atoms with Gasteiger partial charge in [-0.1, -0.05) is 60.7 Å². The normalized spacial score (nSPS) is 11.0. The molecule has 0 saturated carbocycles. The highest BCUT2D eigenvalue weighted by Gasteiger charge is 2.15. The lowest BCUT2D eigenvalue weighted by Crippen LogP contribution is -2.34. The molecular formula is C24H25N5O2. The van der Waals surface area contributed by atoms with E-state index < -0.39 is 0 Å². The molecule has 1 amide bonds. The van der Waals surface area contributed by atoms with Gasteiger partial charge in [-0.15, -0.1) is 0 Å². The van der Waals surface area contributed by atoms with Crippen LogP contribution in [0.3, 0.4) is 0 Å². The van der Waals surface area contributed by atoms with Crippen molar-refractivity contribution in [3.05, 3.63) is 94.7 Å². The van der Waals surface area contributed by atoms with Crippen LogP contribution in [0.15, 0.2) is 78.0 Å². The topological polar surface area (TPSA) is 73.0 Å². The lowest BCUT2D eigenvalue weighted by atomic mass is 10.1. The quantitative estimate of drug-likeness (QED) is 0.444. The van der Waals surface area contributed by atoms with E-state index in [2.05, 4.69) is 22.2 Å². The number of aryl methyl sites for hydroxylation is 2. The van der Waals surface area contributed by atoms with Crippen LogP contribution in [0.2, 0.25) is 0 Å². The highest BCUT2D eigenvalue weighted by Crippen LogP contribution is 2.10. The Hall–Kier alpha value is -3.74. The minimum Gasteiger partial charge on any atom is -0.338 e. The summed E-state index contributed by atoms with van der Waals surface area (Å²) in [5, 5.41) is 4.55. The van der Waals surface area contributed by atoms with Crippen LogP contribution in [0, 0.1) is 0 Å². The van der Waals surface area contributed by atoms with E-state index in [1.165, 1.54) is 22.7 Å². The van der Waals surface area contributed by atoms with Gasteiger partial charge in [-0.05, 0) is 17.5 Å². The first-order valence-corrected chi connectivity index (χ1v) is 10.3. The van der Waals surface area contributed by atoms with E-state index in [0.29, 0.717) is 24.1 Å². The Labute approximate surface area is 180 Å². The Morgan fingerprint density at radius 1 is 1.00 bits per heavy atom. The summed E-state index contributed by atoms with van der Waals surface area (Å²) in [4.78, 5) is 31.9. The maximum absolute atomic E-state index is 13.1. The summed E-state index contributed by atoms with van der Waals surface area (Å²) in [5.74, 6) is 0.0120. The van der Waals surface area contributed by atoms with Crippen molar-refractivity contribution in [2.45, 2.75) is 25.9 Å². The van der Waals surface area contributed by atoms with E-state index in [4.69, 9.17) is 0 Å². The van der Waals surface area contributed by atoms with Crippen molar-refractivity contribution < 1.29 is 4.79 Å². The number of hydrogen-bond acceptors (Lipinski definition) is 4. The van der Waals surface area contributed by atoms with E-state index in [1.54, 1.807) is 11.7 Å². The van der Waals surface area contributed by atoms with Gasteiger partial charge < -0.3 is 4.90 Å². The summed E-state index contributed by atoms with van der Waals surface area (Å²) in [6, 6.07) is 20.1. The molecular weight excluding hydrogens is 390 g/mol. The number of aromatic nitrogens is 4. The predicted octanol–water partition coefficient (Wildman–Crippen LogP) is 2.79. The summed E-state index contributed by atoms with van der Waals surface area (Å²) in [5.41, 5.74) is 2.64. The smallest absolute Gasteiger partial charge is 0.264 e. The molecule has 0 aliphatic heterocycles. The van der Waals surface area contributed by atoms with E-state index in [1.807, 2.05) is 53.4 Å². The maximum atomic E-state index is 13.1. The van der Waals surface area contributed by atoms with Gasteiger partial charge in [-0.3, -0.25) is 18.8 Å². The van der Waals surface area contributed by atoms with Crippen LogP contribution in [0.4, 0.5) is 0 Å².